The average Bonchev–Trinajstić information content (AvgIpc) is 3.01. The van der Waals surface area contributed by atoms with E-state index in [-0.39, 0.29) is 11.9 Å². The second-order valence-electron chi connectivity index (χ2n) is 5.64. The molecule has 1 atom stereocenters. The smallest absolute Gasteiger partial charge is 0.240 e. The van der Waals surface area contributed by atoms with Crippen LogP contribution in [0.15, 0.2) is 58.1 Å². The first-order valence-electron chi connectivity index (χ1n) is 7.94. The maximum absolute atomic E-state index is 12.0. The summed E-state index contributed by atoms with van der Waals surface area (Å²) in [7, 11) is 0. The molecule has 0 N–H and O–H groups in total. The van der Waals surface area contributed by atoms with Gasteiger partial charge in [0.25, 0.3) is 0 Å². The fourth-order valence-electron chi connectivity index (χ4n) is 2.86. The van der Waals surface area contributed by atoms with E-state index >= 15 is 0 Å². The lowest BCUT2D eigenvalue weighted by Gasteiger charge is -2.20. The van der Waals surface area contributed by atoms with Crippen LogP contribution in [-0.4, -0.2) is 23.2 Å². The maximum atomic E-state index is 12.0. The molecule has 0 unspecified atom stereocenters. The Morgan fingerprint density at radius 2 is 2.04 bits per heavy atom. The second kappa shape index (κ2) is 7.18. The zero-order valence-corrected chi connectivity index (χ0v) is 15.3. The molecule has 5 heteroatoms. The lowest BCUT2D eigenvalue weighted by atomic mass is 9.98. The number of ether oxygens (including phenoxy) is 1. The molecule has 0 aliphatic carbocycles. The monoisotopic (exact) mass is 386 g/mol. The summed E-state index contributed by atoms with van der Waals surface area (Å²) in [6, 6.07) is 15.8. The normalized spacial score (nSPS) is 16.9. The van der Waals surface area contributed by atoms with E-state index in [9.17, 15) is 4.79 Å². The quantitative estimate of drug-likeness (QED) is 0.773. The summed E-state index contributed by atoms with van der Waals surface area (Å²) in [5.41, 5.74) is 3.00. The predicted molar refractivity (Wildman–Crippen MR) is 98.2 cm³/mol. The summed E-state index contributed by atoms with van der Waals surface area (Å²) in [6.07, 6.45) is 0.698. The van der Waals surface area contributed by atoms with Crippen molar-refractivity contribution in [3.8, 4) is 5.75 Å². The van der Waals surface area contributed by atoms with Crippen LogP contribution in [0.5, 0.6) is 5.75 Å². The van der Waals surface area contributed by atoms with Gasteiger partial charge in [-0.3, -0.25) is 4.79 Å². The average molecular weight is 387 g/mol. The Balaban J connectivity index is 1.88. The molecule has 0 radical (unpaired) electrons. The van der Waals surface area contributed by atoms with E-state index in [0.717, 1.165) is 27.1 Å². The predicted octanol–water partition coefficient (Wildman–Crippen LogP) is 4.55. The van der Waals surface area contributed by atoms with Crippen LogP contribution < -0.4 is 4.74 Å². The Kier molecular flexibility index (Phi) is 5.00. The molecule has 124 valence electrons. The highest BCUT2D eigenvalue weighted by molar-refractivity contribution is 9.10. The van der Waals surface area contributed by atoms with Gasteiger partial charge >= 0.3 is 0 Å². The van der Waals surface area contributed by atoms with Gasteiger partial charge in [0, 0.05) is 17.8 Å². The van der Waals surface area contributed by atoms with Crippen molar-refractivity contribution in [2.75, 3.05) is 6.61 Å². The van der Waals surface area contributed by atoms with Gasteiger partial charge < -0.3 is 4.74 Å². The second-order valence-corrected chi connectivity index (χ2v) is 6.56. The molecule has 0 fully saturated rings. The van der Waals surface area contributed by atoms with Gasteiger partial charge in [-0.1, -0.05) is 28.1 Å². The Labute approximate surface area is 150 Å². The first kappa shape index (κ1) is 16.7. The molecular weight excluding hydrogens is 368 g/mol. The van der Waals surface area contributed by atoms with Crippen molar-refractivity contribution in [3.05, 3.63) is 64.1 Å². The van der Waals surface area contributed by atoms with Gasteiger partial charge in [-0.25, -0.2) is 5.01 Å². The molecule has 24 heavy (non-hydrogen) atoms. The SMILES string of the molecule is CCOc1ccc(C2=NN(C(C)=O)[C@@H](c3cccc(Br)c3)C2)cc1. The summed E-state index contributed by atoms with van der Waals surface area (Å²) >= 11 is 3.49. The van der Waals surface area contributed by atoms with Gasteiger partial charge in [-0.15, -0.1) is 0 Å². The van der Waals surface area contributed by atoms with E-state index < -0.39 is 0 Å². The largest absolute Gasteiger partial charge is 0.494 e. The van der Waals surface area contributed by atoms with Crippen LogP contribution in [0.3, 0.4) is 0 Å². The van der Waals surface area contributed by atoms with E-state index in [1.165, 1.54) is 0 Å². The molecule has 2 aromatic carbocycles. The zero-order valence-electron chi connectivity index (χ0n) is 13.7. The number of carbonyl (C=O) groups excluding carboxylic acids is 1. The third-order valence-corrected chi connectivity index (χ3v) is 4.46. The van der Waals surface area contributed by atoms with E-state index in [0.29, 0.717) is 13.0 Å². The van der Waals surface area contributed by atoms with Crippen LogP contribution in [0.2, 0.25) is 0 Å². The van der Waals surface area contributed by atoms with Crippen LogP contribution >= 0.6 is 15.9 Å². The van der Waals surface area contributed by atoms with Crippen molar-refractivity contribution in [1.82, 2.24) is 5.01 Å². The number of hydrogen-bond acceptors (Lipinski definition) is 3. The van der Waals surface area contributed by atoms with Crippen LogP contribution in [0.25, 0.3) is 0 Å². The highest BCUT2D eigenvalue weighted by atomic mass is 79.9. The summed E-state index contributed by atoms with van der Waals surface area (Å²) in [5.74, 6) is 0.785. The molecule has 3 rings (SSSR count). The molecule has 0 spiro atoms. The Bertz CT molecular complexity index is 771. The molecule has 2 aromatic rings. The summed E-state index contributed by atoms with van der Waals surface area (Å²) in [4.78, 5) is 12.0. The van der Waals surface area contributed by atoms with Gasteiger partial charge in [-0.05, 0) is 54.4 Å². The molecule has 0 saturated heterocycles. The van der Waals surface area contributed by atoms with Crippen molar-refractivity contribution in [3.63, 3.8) is 0 Å². The number of nitrogens with zero attached hydrogens (tertiary/aromatic N) is 2. The van der Waals surface area contributed by atoms with Crippen LogP contribution in [0, 0.1) is 0 Å². The first-order valence-corrected chi connectivity index (χ1v) is 8.73. The Morgan fingerprint density at radius 1 is 1.29 bits per heavy atom. The third kappa shape index (κ3) is 3.51. The molecule has 4 nitrogen and oxygen atoms in total. The minimum Gasteiger partial charge on any atom is -0.494 e. The van der Waals surface area contributed by atoms with Crippen LogP contribution in [0.1, 0.15) is 37.4 Å². The van der Waals surface area contributed by atoms with E-state index in [4.69, 9.17) is 4.74 Å². The van der Waals surface area contributed by atoms with E-state index in [1.807, 2.05) is 55.5 Å². The zero-order chi connectivity index (χ0) is 17.1. The number of amides is 1. The van der Waals surface area contributed by atoms with Gasteiger partial charge in [-0.2, -0.15) is 5.10 Å². The summed E-state index contributed by atoms with van der Waals surface area (Å²) in [6.45, 7) is 4.15. The van der Waals surface area contributed by atoms with Crippen molar-refractivity contribution in [2.24, 2.45) is 5.10 Å². The van der Waals surface area contributed by atoms with E-state index in [1.54, 1.807) is 11.9 Å². The number of hydrogen-bond donors (Lipinski definition) is 0. The Hall–Kier alpha value is -2.14. The number of carbonyl (C=O) groups is 1. The number of benzene rings is 2. The number of hydrazone groups is 1. The maximum Gasteiger partial charge on any atom is 0.240 e. The first-order chi connectivity index (χ1) is 11.6. The molecule has 0 bridgehead atoms. The van der Waals surface area contributed by atoms with Crippen LogP contribution in [0.4, 0.5) is 0 Å². The Morgan fingerprint density at radius 3 is 2.67 bits per heavy atom. The highest BCUT2D eigenvalue weighted by Gasteiger charge is 2.31. The van der Waals surface area contributed by atoms with Crippen molar-refractivity contribution >= 4 is 27.5 Å². The van der Waals surface area contributed by atoms with Gasteiger partial charge in [0.05, 0.1) is 18.4 Å². The van der Waals surface area contributed by atoms with Gasteiger partial charge in [0.15, 0.2) is 0 Å². The summed E-state index contributed by atoms with van der Waals surface area (Å²) < 4.78 is 6.48. The van der Waals surface area contributed by atoms with Crippen molar-refractivity contribution in [1.29, 1.82) is 0 Å². The van der Waals surface area contributed by atoms with Crippen LogP contribution in [-0.2, 0) is 4.79 Å². The molecule has 0 aromatic heterocycles. The molecule has 1 heterocycles. The molecule has 1 aliphatic rings. The standard InChI is InChI=1S/C19H19BrN2O2/c1-3-24-17-9-7-14(8-10-17)18-12-19(22(21-18)13(2)23)15-5-4-6-16(20)11-15/h4-11,19H,3,12H2,1-2H3/t19-/m1/s1. The van der Waals surface area contributed by atoms with Gasteiger partial charge in [0.1, 0.15) is 5.75 Å². The minimum absolute atomic E-state index is 0.0547. The summed E-state index contributed by atoms with van der Waals surface area (Å²) in [5, 5.41) is 6.14. The number of rotatable bonds is 4. The number of halogens is 1. The van der Waals surface area contributed by atoms with E-state index in [2.05, 4.69) is 21.0 Å². The molecular formula is C19H19BrN2O2. The fourth-order valence-corrected chi connectivity index (χ4v) is 3.28. The van der Waals surface area contributed by atoms with Crippen molar-refractivity contribution < 1.29 is 9.53 Å². The highest BCUT2D eigenvalue weighted by Crippen LogP contribution is 2.34. The molecule has 1 amide bonds. The fraction of sp³-hybridized carbons (Fsp3) is 0.263. The van der Waals surface area contributed by atoms with Crippen molar-refractivity contribution in [2.45, 2.75) is 26.3 Å². The third-order valence-electron chi connectivity index (χ3n) is 3.96. The molecule has 0 saturated carbocycles. The minimum atomic E-state index is -0.0680. The lowest BCUT2D eigenvalue weighted by Crippen LogP contribution is -2.24. The lowest BCUT2D eigenvalue weighted by molar-refractivity contribution is -0.130. The van der Waals surface area contributed by atoms with Gasteiger partial charge in [0.2, 0.25) is 5.91 Å². The molecule has 1 aliphatic heterocycles. The topological polar surface area (TPSA) is 41.9 Å².